The van der Waals surface area contributed by atoms with E-state index in [-0.39, 0.29) is 10.8 Å². The van der Waals surface area contributed by atoms with Crippen LogP contribution in [0.5, 0.6) is 0 Å². The number of nitrogens with one attached hydrogen (secondary N) is 1. The second kappa shape index (κ2) is 5.54. The Bertz CT molecular complexity index is 351. The summed E-state index contributed by atoms with van der Waals surface area (Å²) in [6.45, 7) is 7.91. The maximum atomic E-state index is 11.9. The first kappa shape index (κ1) is 14.0. The number of hydrogen-bond acceptors (Lipinski definition) is 2. The van der Waals surface area contributed by atoms with Crippen LogP contribution in [0.3, 0.4) is 0 Å². The van der Waals surface area contributed by atoms with Crippen molar-refractivity contribution in [1.29, 1.82) is 0 Å². The first-order valence-corrected chi connectivity index (χ1v) is 7.18. The minimum Gasteiger partial charge on any atom is -0.598 e. The maximum absolute atomic E-state index is 11.9. The predicted molar refractivity (Wildman–Crippen MR) is 73.6 cm³/mol. The Morgan fingerprint density at radius 2 is 2.00 bits per heavy atom. The summed E-state index contributed by atoms with van der Waals surface area (Å²) in [6, 6.07) is 8.12. The summed E-state index contributed by atoms with van der Waals surface area (Å²) in [7, 11) is 0. The zero-order valence-corrected chi connectivity index (χ0v) is 12.5. The van der Waals surface area contributed by atoms with Crippen LogP contribution in [0.25, 0.3) is 0 Å². The highest BCUT2D eigenvalue weighted by Gasteiger charge is 2.28. The molecule has 0 saturated heterocycles. The Labute approximate surface area is 109 Å². The van der Waals surface area contributed by atoms with Crippen molar-refractivity contribution in [2.24, 2.45) is 0 Å². The highest BCUT2D eigenvalue weighted by atomic mass is 79.9. The molecule has 1 aromatic rings. The van der Waals surface area contributed by atoms with Gasteiger partial charge in [0.1, 0.15) is 4.75 Å². The number of benzene rings is 1. The second-order valence-corrected chi connectivity index (χ2v) is 7.69. The van der Waals surface area contributed by atoms with Gasteiger partial charge in [-0.2, -0.15) is 0 Å². The summed E-state index contributed by atoms with van der Waals surface area (Å²) >= 11 is 2.39. The molecule has 2 atom stereocenters. The lowest BCUT2D eigenvalue weighted by molar-refractivity contribution is 0.531. The van der Waals surface area contributed by atoms with Crippen LogP contribution in [0.4, 0.5) is 0 Å². The van der Waals surface area contributed by atoms with Gasteiger partial charge in [-0.1, -0.05) is 28.1 Å². The van der Waals surface area contributed by atoms with Gasteiger partial charge in [-0.25, -0.2) is 0 Å². The molecule has 0 aromatic heterocycles. The molecule has 2 nitrogen and oxygen atoms in total. The van der Waals surface area contributed by atoms with Crippen molar-refractivity contribution in [1.82, 2.24) is 4.72 Å². The lowest BCUT2D eigenvalue weighted by atomic mass is 10.1. The molecule has 0 bridgehead atoms. The predicted octanol–water partition coefficient (Wildman–Crippen LogP) is 3.56. The Kier molecular flexibility index (Phi) is 4.86. The smallest absolute Gasteiger partial charge is 0.136 e. The normalized spacial score (nSPS) is 15.9. The molecule has 1 rings (SSSR count). The average Bonchev–Trinajstić information content (AvgIpc) is 2.16. The number of halogens is 1. The van der Waals surface area contributed by atoms with Crippen LogP contribution < -0.4 is 4.72 Å². The molecular weight excluding hydrogens is 286 g/mol. The van der Waals surface area contributed by atoms with E-state index in [9.17, 15) is 4.55 Å². The lowest BCUT2D eigenvalue weighted by Crippen LogP contribution is -2.40. The summed E-state index contributed by atoms with van der Waals surface area (Å²) in [4.78, 5) is 0. The third-order valence-corrected chi connectivity index (χ3v) is 4.36. The molecule has 1 N–H and O–H groups in total. The fourth-order valence-corrected chi connectivity index (χ4v) is 2.41. The van der Waals surface area contributed by atoms with Gasteiger partial charge >= 0.3 is 0 Å². The molecule has 4 heteroatoms. The number of hydrogen-bond donors (Lipinski definition) is 1. The molecule has 1 aromatic carbocycles. The summed E-state index contributed by atoms with van der Waals surface area (Å²) in [6.07, 6.45) is 0. The standard InChI is InChI=1S/C12H18BrNOS/c1-9(14-16(15)12(2,3)4)10-6-5-7-11(13)8-10/h5-9,14H,1-4H3/t9-,16+/m1/s1. The van der Waals surface area contributed by atoms with E-state index in [1.54, 1.807) is 0 Å². The topological polar surface area (TPSA) is 35.1 Å². The first-order valence-electron chi connectivity index (χ1n) is 5.24. The van der Waals surface area contributed by atoms with Gasteiger partial charge in [0.25, 0.3) is 0 Å². The van der Waals surface area contributed by atoms with Gasteiger partial charge in [-0.15, -0.1) is 4.72 Å². The van der Waals surface area contributed by atoms with E-state index in [1.165, 1.54) is 0 Å². The minimum absolute atomic E-state index is 0.0811. The molecule has 0 radical (unpaired) electrons. The van der Waals surface area contributed by atoms with Crippen molar-refractivity contribution in [2.75, 3.05) is 0 Å². The summed E-state index contributed by atoms with van der Waals surface area (Å²) < 4.78 is 15.8. The third-order valence-electron chi connectivity index (χ3n) is 2.19. The summed E-state index contributed by atoms with van der Waals surface area (Å²) in [5.41, 5.74) is 1.13. The van der Waals surface area contributed by atoms with Crippen LogP contribution in [0, 0.1) is 0 Å². The van der Waals surface area contributed by atoms with E-state index in [2.05, 4.69) is 20.7 Å². The van der Waals surface area contributed by atoms with E-state index in [0.717, 1.165) is 10.0 Å². The van der Waals surface area contributed by atoms with Crippen LogP contribution in [0.2, 0.25) is 0 Å². The van der Waals surface area contributed by atoms with Crippen LogP contribution >= 0.6 is 15.9 Å². The average molecular weight is 304 g/mol. The Hall–Kier alpha value is -0.0300. The zero-order chi connectivity index (χ0) is 12.3. The van der Waals surface area contributed by atoms with Gasteiger partial charge < -0.3 is 4.55 Å². The van der Waals surface area contributed by atoms with E-state index < -0.39 is 11.4 Å². The quantitative estimate of drug-likeness (QED) is 0.867. The van der Waals surface area contributed by atoms with Crippen LogP contribution in [0.15, 0.2) is 28.7 Å². The molecule has 0 amide bonds. The molecule has 0 heterocycles. The zero-order valence-electron chi connectivity index (χ0n) is 10.1. The van der Waals surface area contributed by atoms with Crippen molar-refractivity contribution in [2.45, 2.75) is 38.5 Å². The molecule has 0 spiro atoms. The van der Waals surface area contributed by atoms with E-state index in [0.29, 0.717) is 0 Å². The van der Waals surface area contributed by atoms with Gasteiger partial charge in [0.05, 0.1) is 6.04 Å². The first-order chi connectivity index (χ1) is 7.30. The van der Waals surface area contributed by atoms with Crippen molar-refractivity contribution in [3.8, 4) is 0 Å². The molecule has 0 aliphatic heterocycles. The molecule has 0 saturated carbocycles. The molecular formula is C12H18BrNOS. The molecule has 0 fully saturated rings. The van der Waals surface area contributed by atoms with Crippen molar-refractivity contribution in [3.05, 3.63) is 34.3 Å². The second-order valence-electron chi connectivity index (χ2n) is 4.78. The largest absolute Gasteiger partial charge is 0.598 e. The van der Waals surface area contributed by atoms with Crippen LogP contribution in [-0.2, 0) is 11.4 Å². The lowest BCUT2D eigenvalue weighted by Gasteiger charge is -2.26. The number of rotatable bonds is 3. The fraction of sp³-hybridized carbons (Fsp3) is 0.500. The SMILES string of the molecule is C[C@@H](N[S@@+]([O-])C(C)(C)C)c1cccc(Br)c1. The maximum Gasteiger partial charge on any atom is 0.136 e. The summed E-state index contributed by atoms with van der Waals surface area (Å²) in [5, 5.41) is 0. The molecule has 0 unspecified atom stereocenters. The Morgan fingerprint density at radius 3 is 2.50 bits per heavy atom. The van der Waals surface area contributed by atoms with Crippen molar-refractivity contribution >= 4 is 27.3 Å². The molecule has 16 heavy (non-hydrogen) atoms. The Balaban J connectivity index is 2.69. The molecule has 0 aliphatic rings. The fourth-order valence-electron chi connectivity index (χ4n) is 1.18. The van der Waals surface area contributed by atoms with Gasteiger partial charge in [0.2, 0.25) is 0 Å². The highest BCUT2D eigenvalue weighted by molar-refractivity contribution is 9.10. The third kappa shape index (κ3) is 4.09. The van der Waals surface area contributed by atoms with Crippen LogP contribution in [0.1, 0.15) is 39.3 Å². The van der Waals surface area contributed by atoms with E-state index >= 15 is 0 Å². The Morgan fingerprint density at radius 1 is 1.38 bits per heavy atom. The summed E-state index contributed by atoms with van der Waals surface area (Å²) in [5.74, 6) is 0. The van der Waals surface area contributed by atoms with Gasteiger partial charge in [0.15, 0.2) is 0 Å². The molecule has 90 valence electrons. The van der Waals surface area contributed by atoms with Gasteiger partial charge in [-0.3, -0.25) is 0 Å². The minimum atomic E-state index is -1.04. The van der Waals surface area contributed by atoms with E-state index in [4.69, 9.17) is 0 Å². The van der Waals surface area contributed by atoms with Crippen molar-refractivity contribution in [3.63, 3.8) is 0 Å². The monoisotopic (exact) mass is 303 g/mol. The van der Waals surface area contributed by atoms with Crippen LogP contribution in [-0.4, -0.2) is 9.30 Å². The van der Waals surface area contributed by atoms with Crippen molar-refractivity contribution < 1.29 is 4.55 Å². The van der Waals surface area contributed by atoms with Gasteiger partial charge in [0, 0.05) is 15.8 Å². The highest BCUT2D eigenvalue weighted by Crippen LogP contribution is 2.21. The van der Waals surface area contributed by atoms with E-state index in [1.807, 2.05) is 52.0 Å². The van der Waals surface area contributed by atoms with Gasteiger partial charge in [-0.05, 0) is 45.4 Å². The molecule has 0 aliphatic carbocycles.